The van der Waals surface area contributed by atoms with Crippen molar-refractivity contribution < 1.29 is 14.7 Å². The molecule has 0 aliphatic carbocycles. The van der Waals surface area contributed by atoms with E-state index in [-0.39, 0.29) is 12.6 Å². The highest BCUT2D eigenvalue weighted by atomic mass is 16.5. The molecule has 0 spiro atoms. The molecule has 0 aliphatic rings. The number of rotatable bonds is 6. The molecule has 0 saturated carbocycles. The number of carbonyl (C=O) groups excluding carboxylic acids is 1. The summed E-state index contributed by atoms with van der Waals surface area (Å²) in [5, 5.41) is 10.4. The number of hydroxylamine groups is 2. The first-order chi connectivity index (χ1) is 11.0. The zero-order valence-electron chi connectivity index (χ0n) is 13.3. The van der Waals surface area contributed by atoms with E-state index in [0.29, 0.717) is 5.06 Å². The lowest BCUT2D eigenvalue weighted by atomic mass is 10.1. The number of carbonyl (C=O) groups is 1. The third kappa shape index (κ3) is 4.31. The molecule has 0 bridgehead atoms. The molecule has 23 heavy (non-hydrogen) atoms. The summed E-state index contributed by atoms with van der Waals surface area (Å²) < 4.78 is 5.90. The summed E-state index contributed by atoms with van der Waals surface area (Å²) >= 11 is 0. The number of hydrogen-bond donors (Lipinski definition) is 2. The van der Waals surface area contributed by atoms with Gasteiger partial charge in [0.2, 0.25) is 0 Å². The highest BCUT2D eigenvalue weighted by Gasteiger charge is 2.18. The molecule has 0 aliphatic heterocycles. The molecule has 0 aromatic heterocycles. The van der Waals surface area contributed by atoms with Crippen molar-refractivity contribution in [2.24, 2.45) is 5.73 Å². The van der Waals surface area contributed by atoms with Crippen LogP contribution < -0.4 is 10.5 Å². The Kier molecular flexibility index (Phi) is 5.73. The quantitative estimate of drug-likeness (QED) is 0.634. The van der Waals surface area contributed by atoms with Crippen molar-refractivity contribution >= 4 is 5.91 Å². The summed E-state index contributed by atoms with van der Waals surface area (Å²) in [5.74, 6) is 0.211. The molecule has 5 nitrogen and oxygen atoms in total. The molecule has 0 saturated heterocycles. The van der Waals surface area contributed by atoms with E-state index in [1.165, 1.54) is 0 Å². The summed E-state index contributed by atoms with van der Waals surface area (Å²) in [7, 11) is 0. The molecule has 2 rings (SSSR count). The second-order valence-electron chi connectivity index (χ2n) is 5.36. The minimum Gasteiger partial charge on any atom is -0.486 e. The normalized spacial score (nSPS) is 13.2. The minimum atomic E-state index is -0.518. The highest BCUT2D eigenvalue weighted by molar-refractivity contribution is 5.77. The van der Waals surface area contributed by atoms with Gasteiger partial charge in [0.15, 0.2) is 0 Å². The maximum absolute atomic E-state index is 11.4. The van der Waals surface area contributed by atoms with E-state index in [9.17, 15) is 10.0 Å². The van der Waals surface area contributed by atoms with E-state index in [2.05, 4.69) is 0 Å². The van der Waals surface area contributed by atoms with E-state index in [1.54, 1.807) is 6.92 Å². The molecule has 122 valence electrons. The van der Waals surface area contributed by atoms with Crippen LogP contribution in [0, 0.1) is 0 Å². The number of amides is 1. The number of hydrogen-bond acceptors (Lipinski definition) is 4. The summed E-state index contributed by atoms with van der Waals surface area (Å²) in [6, 6.07) is 16.8. The molecule has 2 unspecified atom stereocenters. The molecule has 5 heteroatoms. The van der Waals surface area contributed by atoms with Gasteiger partial charge < -0.3 is 10.5 Å². The highest BCUT2D eigenvalue weighted by Crippen LogP contribution is 2.25. The Balaban J connectivity index is 2.03. The zero-order chi connectivity index (χ0) is 16.8. The topological polar surface area (TPSA) is 75.8 Å². The van der Waals surface area contributed by atoms with Gasteiger partial charge in [-0.05, 0) is 37.1 Å². The zero-order valence-corrected chi connectivity index (χ0v) is 13.3. The number of ether oxygens (including phenoxy) is 1. The molecule has 1 amide bonds. The molecule has 3 N–H and O–H groups in total. The van der Waals surface area contributed by atoms with Gasteiger partial charge in [0.1, 0.15) is 11.9 Å². The van der Waals surface area contributed by atoms with Gasteiger partial charge in [0, 0.05) is 0 Å². The Morgan fingerprint density at radius 3 is 2.26 bits per heavy atom. The number of nitrogens with two attached hydrogens (primary N) is 1. The van der Waals surface area contributed by atoms with Crippen molar-refractivity contribution in [3.05, 3.63) is 65.7 Å². The van der Waals surface area contributed by atoms with Crippen LogP contribution in [0.3, 0.4) is 0 Å². The van der Waals surface area contributed by atoms with Crippen molar-refractivity contribution in [2.75, 3.05) is 6.54 Å². The summed E-state index contributed by atoms with van der Waals surface area (Å²) in [5.41, 5.74) is 7.15. The Hall–Kier alpha value is -2.37. The van der Waals surface area contributed by atoms with E-state index in [0.717, 1.165) is 16.9 Å². The fraction of sp³-hybridized carbons (Fsp3) is 0.278. The Morgan fingerprint density at radius 2 is 1.70 bits per heavy atom. The molecular formula is C18H22N2O3. The molecule has 0 fully saturated rings. The van der Waals surface area contributed by atoms with Gasteiger partial charge in [0.05, 0.1) is 12.6 Å². The standard InChI is InChI=1S/C18H22N2O3/c1-13(20(22)18(21)12-19)15-8-10-17(11-9-15)23-14(2)16-6-4-3-5-7-16/h3-11,13-14,22H,12,19H2,1-2H3. The molecule has 2 aromatic carbocycles. The monoisotopic (exact) mass is 314 g/mol. The third-order valence-electron chi connectivity index (χ3n) is 3.74. The van der Waals surface area contributed by atoms with Gasteiger partial charge in [-0.1, -0.05) is 42.5 Å². The van der Waals surface area contributed by atoms with Crippen LogP contribution in [0.1, 0.15) is 37.1 Å². The fourth-order valence-electron chi connectivity index (χ4n) is 2.27. The van der Waals surface area contributed by atoms with Crippen LogP contribution in [0.25, 0.3) is 0 Å². The van der Waals surface area contributed by atoms with Crippen molar-refractivity contribution in [3.8, 4) is 5.75 Å². The van der Waals surface area contributed by atoms with E-state index in [4.69, 9.17) is 10.5 Å². The summed E-state index contributed by atoms with van der Waals surface area (Å²) in [4.78, 5) is 11.4. The average molecular weight is 314 g/mol. The Labute approximate surface area is 136 Å². The first kappa shape index (κ1) is 17.0. The van der Waals surface area contributed by atoms with Crippen LogP contribution in [-0.2, 0) is 4.79 Å². The van der Waals surface area contributed by atoms with Crippen molar-refractivity contribution in [2.45, 2.75) is 26.0 Å². The summed E-state index contributed by atoms with van der Waals surface area (Å²) in [6.45, 7) is 3.49. The summed E-state index contributed by atoms with van der Waals surface area (Å²) in [6.07, 6.45) is -0.0624. The van der Waals surface area contributed by atoms with Crippen LogP contribution in [0.4, 0.5) is 0 Å². The Bertz CT molecular complexity index is 628. The van der Waals surface area contributed by atoms with Crippen molar-refractivity contribution in [1.82, 2.24) is 5.06 Å². The molecule has 2 atom stereocenters. The lowest BCUT2D eigenvalue weighted by Gasteiger charge is -2.22. The van der Waals surface area contributed by atoms with Gasteiger partial charge in [-0.15, -0.1) is 0 Å². The predicted molar refractivity (Wildman–Crippen MR) is 88.0 cm³/mol. The minimum absolute atomic E-state index is 0.0624. The Morgan fingerprint density at radius 1 is 1.09 bits per heavy atom. The smallest absolute Gasteiger partial charge is 0.260 e. The number of benzene rings is 2. The lowest BCUT2D eigenvalue weighted by molar-refractivity contribution is -0.173. The third-order valence-corrected chi connectivity index (χ3v) is 3.74. The first-order valence-corrected chi connectivity index (χ1v) is 7.55. The average Bonchev–Trinajstić information content (AvgIpc) is 2.61. The molecule has 2 aromatic rings. The maximum atomic E-state index is 11.4. The molecule has 0 heterocycles. The van der Waals surface area contributed by atoms with Gasteiger partial charge in [-0.25, -0.2) is 5.06 Å². The van der Waals surface area contributed by atoms with Crippen LogP contribution >= 0.6 is 0 Å². The SMILES string of the molecule is CC(Oc1ccc(C(C)N(O)C(=O)CN)cc1)c1ccccc1. The van der Waals surface area contributed by atoms with E-state index in [1.807, 2.05) is 61.5 Å². The van der Waals surface area contributed by atoms with E-state index >= 15 is 0 Å². The second kappa shape index (κ2) is 7.76. The van der Waals surface area contributed by atoms with Crippen LogP contribution in [0.5, 0.6) is 5.75 Å². The van der Waals surface area contributed by atoms with Gasteiger partial charge >= 0.3 is 0 Å². The van der Waals surface area contributed by atoms with Gasteiger partial charge in [0.25, 0.3) is 5.91 Å². The number of nitrogens with zero attached hydrogens (tertiary/aromatic N) is 1. The second-order valence-corrected chi connectivity index (χ2v) is 5.36. The maximum Gasteiger partial charge on any atom is 0.260 e. The molecular weight excluding hydrogens is 292 g/mol. The van der Waals surface area contributed by atoms with E-state index < -0.39 is 11.9 Å². The fourth-order valence-corrected chi connectivity index (χ4v) is 2.27. The molecule has 0 radical (unpaired) electrons. The largest absolute Gasteiger partial charge is 0.486 e. The van der Waals surface area contributed by atoms with Crippen LogP contribution in [-0.4, -0.2) is 22.7 Å². The van der Waals surface area contributed by atoms with Crippen LogP contribution in [0.2, 0.25) is 0 Å². The van der Waals surface area contributed by atoms with Gasteiger partial charge in [-0.2, -0.15) is 0 Å². The predicted octanol–water partition coefficient (Wildman–Crippen LogP) is 3.06. The van der Waals surface area contributed by atoms with Crippen LogP contribution in [0.15, 0.2) is 54.6 Å². The lowest BCUT2D eigenvalue weighted by Crippen LogP contribution is -2.35. The van der Waals surface area contributed by atoms with Gasteiger partial charge in [-0.3, -0.25) is 10.0 Å². The van der Waals surface area contributed by atoms with Crippen molar-refractivity contribution in [1.29, 1.82) is 0 Å². The van der Waals surface area contributed by atoms with Crippen molar-refractivity contribution in [3.63, 3.8) is 0 Å². The first-order valence-electron chi connectivity index (χ1n) is 7.55.